The third-order valence-electron chi connectivity index (χ3n) is 4.17. The minimum absolute atomic E-state index is 0. The van der Waals surface area contributed by atoms with E-state index < -0.39 is 0 Å². The van der Waals surface area contributed by atoms with Gasteiger partial charge in [0.05, 0.1) is 27.9 Å². The Morgan fingerprint density at radius 2 is 1.69 bits per heavy atom. The summed E-state index contributed by atoms with van der Waals surface area (Å²) in [6.07, 6.45) is 2.79. The minimum Gasteiger partial charge on any atom is -0.493 e. The molecule has 2 aromatic rings. The van der Waals surface area contributed by atoms with E-state index in [4.69, 9.17) is 14.2 Å². The van der Waals surface area contributed by atoms with E-state index in [1.165, 1.54) is 5.56 Å². The van der Waals surface area contributed by atoms with Crippen LogP contribution in [0, 0.1) is 6.92 Å². The normalized spacial score (nSPS) is 10.7. The molecule has 0 atom stereocenters. The standard InChI is InChI=1S/C21H30N4O3.HI/c1-6-22-21(23-10-9-16-8-7-15(2)24-13-16)25-14-17-11-18(26-3)20(28-5)19(12-17)27-4;/h7-8,11-13H,6,9-10,14H2,1-5H3,(H2,22,23,25);1H. The first-order valence-electron chi connectivity index (χ1n) is 9.33. The molecule has 8 heteroatoms. The Kier molecular flexibility index (Phi) is 11.2. The molecule has 1 aromatic heterocycles. The number of benzene rings is 1. The molecule has 0 bridgehead atoms. The van der Waals surface area contributed by atoms with Crippen molar-refractivity contribution in [1.82, 2.24) is 15.6 Å². The summed E-state index contributed by atoms with van der Waals surface area (Å²) < 4.78 is 16.2. The van der Waals surface area contributed by atoms with E-state index in [1.807, 2.05) is 38.2 Å². The quantitative estimate of drug-likeness (QED) is 0.304. The smallest absolute Gasteiger partial charge is 0.203 e. The first-order chi connectivity index (χ1) is 13.6. The summed E-state index contributed by atoms with van der Waals surface area (Å²) in [4.78, 5) is 8.99. The van der Waals surface area contributed by atoms with E-state index >= 15 is 0 Å². The van der Waals surface area contributed by atoms with Crippen LogP contribution in [0.5, 0.6) is 17.2 Å². The van der Waals surface area contributed by atoms with Crippen molar-refractivity contribution in [2.24, 2.45) is 4.99 Å². The molecule has 0 aliphatic rings. The van der Waals surface area contributed by atoms with Gasteiger partial charge in [-0.3, -0.25) is 4.98 Å². The Morgan fingerprint density at radius 1 is 1.00 bits per heavy atom. The van der Waals surface area contributed by atoms with Crippen LogP contribution >= 0.6 is 24.0 Å². The van der Waals surface area contributed by atoms with Crippen molar-refractivity contribution >= 4 is 29.9 Å². The summed E-state index contributed by atoms with van der Waals surface area (Å²) in [5.41, 5.74) is 3.19. The molecule has 2 rings (SSSR count). The number of aryl methyl sites for hydroxylation is 1. The van der Waals surface area contributed by atoms with Crippen molar-refractivity contribution < 1.29 is 14.2 Å². The van der Waals surface area contributed by atoms with Crippen LogP contribution in [0.3, 0.4) is 0 Å². The van der Waals surface area contributed by atoms with Crippen LogP contribution < -0.4 is 24.8 Å². The van der Waals surface area contributed by atoms with Crippen molar-refractivity contribution in [2.45, 2.75) is 26.8 Å². The fourth-order valence-corrected chi connectivity index (χ4v) is 2.71. The Hall–Kier alpha value is -2.23. The van der Waals surface area contributed by atoms with Gasteiger partial charge in [0.15, 0.2) is 17.5 Å². The van der Waals surface area contributed by atoms with Crippen LogP contribution in [-0.2, 0) is 13.0 Å². The van der Waals surface area contributed by atoms with Gasteiger partial charge < -0.3 is 24.8 Å². The zero-order valence-electron chi connectivity index (χ0n) is 17.7. The molecule has 0 saturated heterocycles. The topological polar surface area (TPSA) is 77.0 Å². The predicted molar refractivity (Wildman–Crippen MR) is 127 cm³/mol. The molecule has 0 spiro atoms. The fraction of sp³-hybridized carbons (Fsp3) is 0.429. The van der Waals surface area contributed by atoms with Gasteiger partial charge in [-0.05, 0) is 49.6 Å². The maximum atomic E-state index is 5.41. The van der Waals surface area contributed by atoms with E-state index in [1.54, 1.807) is 21.3 Å². The highest BCUT2D eigenvalue weighted by atomic mass is 127. The first kappa shape index (κ1) is 24.8. The number of methoxy groups -OCH3 is 3. The van der Waals surface area contributed by atoms with Gasteiger partial charge >= 0.3 is 0 Å². The molecule has 0 saturated carbocycles. The SMILES string of the molecule is CCNC(=NCc1cc(OC)c(OC)c(OC)c1)NCCc1ccc(C)nc1.I. The number of aromatic nitrogens is 1. The lowest BCUT2D eigenvalue weighted by atomic mass is 10.2. The monoisotopic (exact) mass is 514 g/mol. The maximum absolute atomic E-state index is 5.41. The number of nitrogens with zero attached hydrogens (tertiary/aromatic N) is 2. The second-order valence-corrected chi connectivity index (χ2v) is 6.21. The molecule has 0 amide bonds. The number of guanidine groups is 1. The molecular weight excluding hydrogens is 483 g/mol. The molecule has 1 aromatic carbocycles. The Balaban J connectivity index is 0.00000420. The van der Waals surface area contributed by atoms with Gasteiger partial charge in [-0.1, -0.05) is 6.07 Å². The molecular formula is C21H31IN4O3. The van der Waals surface area contributed by atoms with Gasteiger partial charge in [0.1, 0.15) is 0 Å². The van der Waals surface area contributed by atoms with E-state index in [0.29, 0.717) is 23.8 Å². The van der Waals surface area contributed by atoms with Crippen molar-refractivity contribution in [3.05, 3.63) is 47.3 Å². The van der Waals surface area contributed by atoms with Crippen molar-refractivity contribution in [2.75, 3.05) is 34.4 Å². The summed E-state index contributed by atoms with van der Waals surface area (Å²) >= 11 is 0. The van der Waals surface area contributed by atoms with Crippen LogP contribution in [0.1, 0.15) is 23.7 Å². The molecule has 7 nitrogen and oxygen atoms in total. The van der Waals surface area contributed by atoms with Gasteiger partial charge in [-0.15, -0.1) is 24.0 Å². The molecule has 2 N–H and O–H groups in total. The average molecular weight is 514 g/mol. The predicted octanol–water partition coefficient (Wildman–Crippen LogP) is 3.33. The van der Waals surface area contributed by atoms with Gasteiger partial charge in [0.2, 0.25) is 5.75 Å². The molecule has 29 heavy (non-hydrogen) atoms. The number of hydrogen-bond acceptors (Lipinski definition) is 5. The molecule has 0 aliphatic heterocycles. The van der Waals surface area contributed by atoms with Gasteiger partial charge in [-0.2, -0.15) is 0 Å². The minimum atomic E-state index is 0. The summed E-state index contributed by atoms with van der Waals surface area (Å²) in [6, 6.07) is 7.95. The third kappa shape index (κ3) is 7.60. The molecule has 0 aliphatic carbocycles. The second-order valence-electron chi connectivity index (χ2n) is 6.21. The van der Waals surface area contributed by atoms with E-state index in [-0.39, 0.29) is 24.0 Å². The van der Waals surface area contributed by atoms with E-state index in [9.17, 15) is 0 Å². The van der Waals surface area contributed by atoms with Crippen molar-refractivity contribution in [1.29, 1.82) is 0 Å². The average Bonchev–Trinajstić information content (AvgIpc) is 2.72. The Labute approximate surface area is 190 Å². The zero-order chi connectivity index (χ0) is 20.4. The lowest BCUT2D eigenvalue weighted by molar-refractivity contribution is 0.324. The molecule has 160 valence electrons. The van der Waals surface area contributed by atoms with Crippen molar-refractivity contribution in [3.63, 3.8) is 0 Å². The lowest BCUT2D eigenvalue weighted by Crippen LogP contribution is -2.38. The van der Waals surface area contributed by atoms with E-state index in [0.717, 1.165) is 36.7 Å². The highest BCUT2D eigenvalue weighted by Crippen LogP contribution is 2.38. The van der Waals surface area contributed by atoms with Gasteiger partial charge in [0.25, 0.3) is 0 Å². The largest absolute Gasteiger partial charge is 0.493 e. The van der Waals surface area contributed by atoms with Crippen LogP contribution in [0.2, 0.25) is 0 Å². The highest BCUT2D eigenvalue weighted by Gasteiger charge is 2.13. The number of rotatable bonds is 9. The second kappa shape index (κ2) is 13.1. The van der Waals surface area contributed by atoms with Crippen LogP contribution in [0.15, 0.2) is 35.5 Å². The van der Waals surface area contributed by atoms with Crippen molar-refractivity contribution in [3.8, 4) is 17.2 Å². The Morgan fingerprint density at radius 3 is 2.21 bits per heavy atom. The van der Waals surface area contributed by atoms with Crippen LogP contribution in [0.25, 0.3) is 0 Å². The van der Waals surface area contributed by atoms with Gasteiger partial charge in [-0.25, -0.2) is 4.99 Å². The molecule has 0 fully saturated rings. The zero-order valence-corrected chi connectivity index (χ0v) is 20.1. The summed E-state index contributed by atoms with van der Waals surface area (Å²) in [5, 5.41) is 6.62. The first-order valence-corrected chi connectivity index (χ1v) is 9.33. The molecule has 0 radical (unpaired) electrons. The number of nitrogens with one attached hydrogen (secondary N) is 2. The van der Waals surface area contributed by atoms with Crippen LogP contribution in [0.4, 0.5) is 0 Å². The van der Waals surface area contributed by atoms with Gasteiger partial charge in [0, 0.05) is 25.0 Å². The summed E-state index contributed by atoms with van der Waals surface area (Å²) in [5.74, 6) is 2.58. The molecule has 1 heterocycles. The van der Waals surface area contributed by atoms with E-state index in [2.05, 4.69) is 26.7 Å². The Bertz CT molecular complexity index is 757. The highest BCUT2D eigenvalue weighted by molar-refractivity contribution is 14.0. The number of halogens is 1. The summed E-state index contributed by atoms with van der Waals surface area (Å²) in [6.45, 7) is 6.07. The molecule has 0 unspecified atom stereocenters. The number of ether oxygens (including phenoxy) is 3. The number of pyridine rings is 1. The summed E-state index contributed by atoms with van der Waals surface area (Å²) in [7, 11) is 4.81. The maximum Gasteiger partial charge on any atom is 0.203 e. The number of hydrogen-bond donors (Lipinski definition) is 2. The van der Waals surface area contributed by atoms with Crippen LogP contribution in [-0.4, -0.2) is 45.4 Å². The lowest BCUT2D eigenvalue weighted by Gasteiger charge is -2.14. The third-order valence-corrected chi connectivity index (χ3v) is 4.17. The fourth-order valence-electron chi connectivity index (χ4n) is 2.71. The number of aliphatic imine (C=N–C) groups is 1.